The zero-order valence-corrected chi connectivity index (χ0v) is 17.9. The van der Waals surface area contributed by atoms with E-state index in [4.69, 9.17) is 11.6 Å². The molecule has 0 saturated carbocycles. The third-order valence-corrected chi connectivity index (χ3v) is 6.34. The Hall–Kier alpha value is -2.89. The van der Waals surface area contributed by atoms with Gasteiger partial charge in [0.05, 0.1) is 16.6 Å². The van der Waals surface area contributed by atoms with Crippen molar-refractivity contribution in [1.29, 1.82) is 0 Å². The second kappa shape index (κ2) is 8.86. The summed E-state index contributed by atoms with van der Waals surface area (Å²) in [5.74, 6) is -0.227. The van der Waals surface area contributed by atoms with Crippen LogP contribution in [0.2, 0.25) is 5.02 Å². The molecule has 4 nitrogen and oxygen atoms in total. The van der Waals surface area contributed by atoms with Crippen molar-refractivity contribution in [2.75, 3.05) is 4.90 Å². The summed E-state index contributed by atoms with van der Waals surface area (Å²) in [4.78, 5) is 32.4. The summed E-state index contributed by atoms with van der Waals surface area (Å²) >= 11 is 7.40. The van der Waals surface area contributed by atoms with Crippen molar-refractivity contribution < 1.29 is 9.59 Å². The number of benzene rings is 3. The van der Waals surface area contributed by atoms with Crippen LogP contribution >= 0.6 is 23.4 Å². The molecule has 1 aliphatic heterocycles. The molecule has 4 rings (SSSR count). The molecule has 0 aromatic heterocycles. The SMILES string of the molecule is Cc1cc(C(=O)CC2SC(=Nc3ccccc3)N(c3ccccc3)C2=O)ccc1Cl. The van der Waals surface area contributed by atoms with Crippen LogP contribution in [0.25, 0.3) is 0 Å². The van der Waals surface area contributed by atoms with Crippen LogP contribution in [-0.2, 0) is 4.79 Å². The zero-order chi connectivity index (χ0) is 21.1. The molecule has 1 atom stereocenters. The van der Waals surface area contributed by atoms with E-state index in [0.717, 1.165) is 16.9 Å². The van der Waals surface area contributed by atoms with E-state index in [1.54, 1.807) is 23.1 Å². The summed E-state index contributed by atoms with van der Waals surface area (Å²) in [6.07, 6.45) is 0.0989. The fraction of sp³-hybridized carbons (Fsp3) is 0.125. The van der Waals surface area contributed by atoms with Gasteiger partial charge in [0.2, 0.25) is 5.91 Å². The fourth-order valence-electron chi connectivity index (χ4n) is 3.21. The van der Waals surface area contributed by atoms with Gasteiger partial charge in [-0.05, 0) is 55.0 Å². The molecule has 0 bridgehead atoms. The van der Waals surface area contributed by atoms with Crippen LogP contribution in [0.5, 0.6) is 0 Å². The molecule has 1 amide bonds. The molecule has 0 radical (unpaired) electrons. The highest BCUT2D eigenvalue weighted by atomic mass is 35.5. The van der Waals surface area contributed by atoms with E-state index in [1.165, 1.54) is 11.8 Å². The number of aliphatic imine (C=N–C) groups is 1. The quantitative estimate of drug-likeness (QED) is 0.459. The van der Waals surface area contributed by atoms with Crippen molar-refractivity contribution in [2.45, 2.75) is 18.6 Å². The third kappa shape index (κ3) is 4.32. The molecule has 1 saturated heterocycles. The van der Waals surface area contributed by atoms with Crippen LogP contribution in [0.4, 0.5) is 11.4 Å². The number of amides is 1. The van der Waals surface area contributed by atoms with E-state index in [9.17, 15) is 9.59 Å². The molecule has 30 heavy (non-hydrogen) atoms. The summed E-state index contributed by atoms with van der Waals surface area (Å²) in [6, 6.07) is 24.1. The molecule has 1 heterocycles. The first-order valence-electron chi connectivity index (χ1n) is 9.51. The number of anilines is 1. The lowest BCUT2D eigenvalue weighted by Crippen LogP contribution is -2.32. The summed E-state index contributed by atoms with van der Waals surface area (Å²) < 4.78 is 0. The Labute approximate surface area is 184 Å². The number of carbonyl (C=O) groups excluding carboxylic acids is 2. The number of rotatable bonds is 5. The van der Waals surface area contributed by atoms with Gasteiger partial charge in [0.25, 0.3) is 0 Å². The Kier molecular flexibility index (Phi) is 6.02. The third-order valence-electron chi connectivity index (χ3n) is 4.78. The maximum atomic E-state index is 13.2. The molecule has 1 aliphatic rings. The van der Waals surface area contributed by atoms with Gasteiger partial charge in [-0.15, -0.1) is 0 Å². The second-order valence-electron chi connectivity index (χ2n) is 6.94. The first-order valence-corrected chi connectivity index (χ1v) is 10.8. The molecule has 6 heteroatoms. The van der Waals surface area contributed by atoms with Gasteiger partial charge in [-0.1, -0.05) is 59.8 Å². The Balaban J connectivity index is 1.63. The van der Waals surface area contributed by atoms with E-state index >= 15 is 0 Å². The lowest BCUT2D eigenvalue weighted by molar-refractivity contribution is -0.116. The first kappa shape index (κ1) is 20.4. The lowest BCUT2D eigenvalue weighted by atomic mass is 10.0. The normalized spacial score (nSPS) is 17.5. The van der Waals surface area contributed by atoms with E-state index in [1.807, 2.05) is 67.6 Å². The van der Waals surface area contributed by atoms with Gasteiger partial charge < -0.3 is 0 Å². The van der Waals surface area contributed by atoms with Crippen LogP contribution in [-0.4, -0.2) is 22.1 Å². The molecule has 3 aromatic rings. The van der Waals surface area contributed by atoms with Crippen molar-refractivity contribution in [3.8, 4) is 0 Å². The Bertz CT molecular complexity index is 1120. The van der Waals surface area contributed by atoms with Gasteiger partial charge >= 0.3 is 0 Å². The molecule has 3 aromatic carbocycles. The number of halogens is 1. The van der Waals surface area contributed by atoms with Gasteiger partial charge in [-0.3, -0.25) is 14.5 Å². The monoisotopic (exact) mass is 434 g/mol. The average molecular weight is 435 g/mol. The Morgan fingerprint density at radius 2 is 1.70 bits per heavy atom. The van der Waals surface area contributed by atoms with Gasteiger partial charge in [-0.25, -0.2) is 4.99 Å². The molecule has 1 fully saturated rings. The lowest BCUT2D eigenvalue weighted by Gasteiger charge is -2.16. The number of Topliss-reactive ketones (excluding diaryl/α,β-unsaturated/α-hetero) is 1. The largest absolute Gasteiger partial charge is 0.294 e. The average Bonchev–Trinajstić information content (AvgIpc) is 3.06. The van der Waals surface area contributed by atoms with Crippen LogP contribution < -0.4 is 4.90 Å². The number of carbonyl (C=O) groups is 2. The summed E-state index contributed by atoms with van der Waals surface area (Å²) in [5, 5.41) is 0.657. The Morgan fingerprint density at radius 3 is 2.37 bits per heavy atom. The number of nitrogens with zero attached hydrogens (tertiary/aromatic N) is 2. The number of hydrogen-bond donors (Lipinski definition) is 0. The smallest absolute Gasteiger partial charge is 0.247 e. The van der Waals surface area contributed by atoms with Gasteiger partial charge in [0.1, 0.15) is 0 Å². The van der Waals surface area contributed by atoms with Crippen molar-refractivity contribution in [1.82, 2.24) is 0 Å². The number of aryl methyl sites for hydroxylation is 1. The number of amidine groups is 1. The van der Waals surface area contributed by atoms with Gasteiger partial charge in [0.15, 0.2) is 11.0 Å². The predicted molar refractivity (Wildman–Crippen MR) is 124 cm³/mol. The summed E-state index contributed by atoms with van der Waals surface area (Å²) in [5.41, 5.74) is 2.89. The second-order valence-corrected chi connectivity index (χ2v) is 8.51. The highest BCUT2D eigenvalue weighted by Gasteiger charge is 2.40. The number of hydrogen-bond acceptors (Lipinski definition) is 4. The molecule has 150 valence electrons. The standard InChI is InChI=1S/C24H19ClN2O2S/c1-16-14-17(12-13-20(16)25)21(28)15-22-23(29)27(19-10-6-3-7-11-19)24(30-22)26-18-8-4-2-5-9-18/h2-14,22H,15H2,1H3. The highest BCUT2D eigenvalue weighted by Crippen LogP contribution is 2.35. The fourth-order valence-corrected chi connectivity index (χ4v) is 4.48. The molecule has 1 unspecified atom stereocenters. The van der Waals surface area contributed by atoms with Crippen molar-refractivity contribution >= 4 is 51.6 Å². The van der Waals surface area contributed by atoms with Gasteiger partial charge in [0, 0.05) is 17.0 Å². The first-order chi connectivity index (χ1) is 14.5. The molecular formula is C24H19ClN2O2S. The highest BCUT2D eigenvalue weighted by molar-refractivity contribution is 8.16. The predicted octanol–water partition coefficient (Wildman–Crippen LogP) is 6.06. The van der Waals surface area contributed by atoms with Gasteiger partial charge in [-0.2, -0.15) is 0 Å². The number of para-hydroxylation sites is 2. The molecule has 0 aliphatic carbocycles. The van der Waals surface area contributed by atoms with Crippen LogP contribution in [0.3, 0.4) is 0 Å². The minimum atomic E-state index is -0.531. The molecular weight excluding hydrogens is 416 g/mol. The van der Waals surface area contributed by atoms with E-state index in [2.05, 4.69) is 4.99 Å². The zero-order valence-electron chi connectivity index (χ0n) is 16.3. The summed E-state index contributed by atoms with van der Waals surface area (Å²) in [7, 11) is 0. The van der Waals surface area contributed by atoms with Crippen LogP contribution in [0.1, 0.15) is 22.3 Å². The summed E-state index contributed by atoms with van der Waals surface area (Å²) in [6.45, 7) is 1.86. The Morgan fingerprint density at radius 1 is 1.03 bits per heavy atom. The van der Waals surface area contributed by atoms with Crippen LogP contribution in [0.15, 0.2) is 83.9 Å². The van der Waals surface area contributed by atoms with Crippen molar-refractivity contribution in [2.24, 2.45) is 4.99 Å². The maximum Gasteiger partial charge on any atom is 0.247 e. The molecule has 0 spiro atoms. The minimum Gasteiger partial charge on any atom is -0.294 e. The number of thioether (sulfide) groups is 1. The number of ketones is 1. The molecule has 0 N–H and O–H groups in total. The van der Waals surface area contributed by atoms with E-state index in [0.29, 0.717) is 15.8 Å². The van der Waals surface area contributed by atoms with Crippen molar-refractivity contribution in [3.05, 3.63) is 95.0 Å². The van der Waals surface area contributed by atoms with E-state index in [-0.39, 0.29) is 18.1 Å². The topological polar surface area (TPSA) is 49.7 Å². The van der Waals surface area contributed by atoms with Crippen LogP contribution in [0, 0.1) is 6.92 Å². The van der Waals surface area contributed by atoms with Crippen molar-refractivity contribution in [3.63, 3.8) is 0 Å². The maximum absolute atomic E-state index is 13.2. The van der Waals surface area contributed by atoms with E-state index < -0.39 is 5.25 Å². The minimum absolute atomic E-state index is 0.0883.